The van der Waals surface area contributed by atoms with Crippen LogP contribution in [0.3, 0.4) is 0 Å². The molecule has 3 N–H and O–H groups in total. The second kappa shape index (κ2) is 7.35. The van der Waals surface area contributed by atoms with E-state index < -0.39 is 10.0 Å². The van der Waals surface area contributed by atoms with Crippen LogP contribution in [0.15, 0.2) is 4.90 Å². The molecule has 0 saturated carbocycles. The molecule has 8 heteroatoms. The van der Waals surface area contributed by atoms with Crippen molar-refractivity contribution in [1.29, 1.82) is 0 Å². The van der Waals surface area contributed by atoms with Gasteiger partial charge in [0.1, 0.15) is 4.90 Å². The predicted molar refractivity (Wildman–Crippen MR) is 79.4 cm³/mol. The molecular weight excluding hydrogens is 292 g/mol. The maximum Gasteiger partial charge on any atom is 0.244 e. The van der Waals surface area contributed by atoms with Crippen molar-refractivity contribution in [2.45, 2.75) is 38.1 Å². The third-order valence-electron chi connectivity index (χ3n) is 3.64. The van der Waals surface area contributed by atoms with Gasteiger partial charge in [-0.3, -0.25) is 5.10 Å². The van der Waals surface area contributed by atoms with E-state index in [1.54, 1.807) is 6.92 Å². The van der Waals surface area contributed by atoms with Crippen molar-refractivity contribution < 1.29 is 13.2 Å². The monoisotopic (exact) mass is 316 g/mol. The number of hydrogen-bond donors (Lipinski definition) is 3. The molecule has 2 heterocycles. The largest absolute Gasteiger partial charge is 0.381 e. The first-order chi connectivity index (χ1) is 10.0. The average molecular weight is 316 g/mol. The Kier molecular flexibility index (Phi) is 5.74. The molecule has 0 spiro atoms. The molecule has 1 aliphatic rings. The summed E-state index contributed by atoms with van der Waals surface area (Å²) in [5, 5.41) is 9.93. The van der Waals surface area contributed by atoms with Gasteiger partial charge in [0.15, 0.2) is 0 Å². The van der Waals surface area contributed by atoms with Crippen molar-refractivity contribution in [2.75, 3.05) is 26.3 Å². The van der Waals surface area contributed by atoms with Gasteiger partial charge in [-0.2, -0.15) is 5.10 Å². The summed E-state index contributed by atoms with van der Waals surface area (Å²) in [6.07, 6.45) is 1.82. The number of nitrogens with zero attached hydrogens (tertiary/aromatic N) is 1. The topological polar surface area (TPSA) is 96.1 Å². The number of hydrogen-bond acceptors (Lipinski definition) is 5. The van der Waals surface area contributed by atoms with Crippen LogP contribution in [-0.4, -0.2) is 44.9 Å². The summed E-state index contributed by atoms with van der Waals surface area (Å²) in [6, 6.07) is 0. The van der Waals surface area contributed by atoms with Crippen LogP contribution in [0.25, 0.3) is 0 Å². The van der Waals surface area contributed by atoms with Gasteiger partial charge in [-0.15, -0.1) is 0 Å². The Morgan fingerprint density at radius 1 is 1.48 bits per heavy atom. The van der Waals surface area contributed by atoms with Crippen LogP contribution in [0.5, 0.6) is 0 Å². The molecule has 1 aromatic heterocycles. The van der Waals surface area contributed by atoms with Gasteiger partial charge in [0.2, 0.25) is 10.0 Å². The molecule has 0 aromatic carbocycles. The second-order valence-corrected chi connectivity index (χ2v) is 7.02. The number of H-pyrrole nitrogens is 1. The van der Waals surface area contributed by atoms with E-state index in [0.717, 1.165) is 32.6 Å². The molecule has 0 amide bonds. The minimum Gasteiger partial charge on any atom is -0.381 e. The number of nitrogens with one attached hydrogen (secondary N) is 3. The standard InChI is InChI=1S/C13H24N4O3S/c1-3-14-8-12-13(10(2)16-17-12)21(18,19)15-6-4-11-5-7-20-9-11/h11,14-15H,3-9H2,1-2H3,(H,16,17). The van der Waals surface area contributed by atoms with E-state index in [4.69, 9.17) is 4.74 Å². The number of aryl methyl sites for hydroxylation is 1. The van der Waals surface area contributed by atoms with Crippen molar-refractivity contribution in [2.24, 2.45) is 5.92 Å². The van der Waals surface area contributed by atoms with Crippen molar-refractivity contribution >= 4 is 10.0 Å². The van der Waals surface area contributed by atoms with Crippen LogP contribution in [0.2, 0.25) is 0 Å². The van der Waals surface area contributed by atoms with Crippen LogP contribution in [-0.2, 0) is 21.3 Å². The SMILES string of the molecule is CCNCc1n[nH]c(C)c1S(=O)(=O)NCCC1CCOC1. The Balaban J connectivity index is 1.99. The Bertz CT molecular complexity index is 550. The molecule has 120 valence electrons. The molecule has 2 rings (SSSR count). The smallest absolute Gasteiger partial charge is 0.244 e. The first-order valence-electron chi connectivity index (χ1n) is 7.36. The Labute approximate surface area is 125 Å². The second-order valence-electron chi connectivity index (χ2n) is 5.32. The Morgan fingerprint density at radius 3 is 2.95 bits per heavy atom. The third kappa shape index (κ3) is 4.26. The normalized spacial score (nSPS) is 19.2. The molecule has 0 radical (unpaired) electrons. The van der Waals surface area contributed by atoms with Gasteiger partial charge in [0.25, 0.3) is 0 Å². The van der Waals surface area contributed by atoms with Gasteiger partial charge < -0.3 is 10.1 Å². The summed E-state index contributed by atoms with van der Waals surface area (Å²) in [4.78, 5) is 0.270. The van der Waals surface area contributed by atoms with Crippen molar-refractivity contribution in [1.82, 2.24) is 20.2 Å². The van der Waals surface area contributed by atoms with Crippen molar-refractivity contribution in [3.63, 3.8) is 0 Å². The number of aromatic amines is 1. The zero-order valence-corrected chi connectivity index (χ0v) is 13.4. The third-order valence-corrected chi connectivity index (χ3v) is 5.30. The lowest BCUT2D eigenvalue weighted by atomic mass is 10.1. The highest BCUT2D eigenvalue weighted by molar-refractivity contribution is 7.89. The lowest BCUT2D eigenvalue weighted by molar-refractivity contribution is 0.184. The van der Waals surface area contributed by atoms with E-state index in [-0.39, 0.29) is 4.90 Å². The predicted octanol–water partition coefficient (Wildman–Crippen LogP) is 0.533. The summed E-state index contributed by atoms with van der Waals surface area (Å²) in [5.41, 5.74) is 1.10. The molecule has 1 saturated heterocycles. The lowest BCUT2D eigenvalue weighted by Gasteiger charge is -2.10. The number of ether oxygens (including phenoxy) is 1. The van der Waals surface area contributed by atoms with E-state index >= 15 is 0 Å². The molecule has 1 atom stereocenters. The molecular formula is C13H24N4O3S. The summed E-state index contributed by atoms with van der Waals surface area (Å²) >= 11 is 0. The maximum absolute atomic E-state index is 12.4. The molecule has 1 aliphatic heterocycles. The molecule has 1 fully saturated rings. The van der Waals surface area contributed by atoms with Crippen LogP contribution >= 0.6 is 0 Å². The first kappa shape index (κ1) is 16.4. The van der Waals surface area contributed by atoms with Gasteiger partial charge in [0.05, 0.1) is 11.4 Å². The van der Waals surface area contributed by atoms with Crippen LogP contribution < -0.4 is 10.0 Å². The highest BCUT2D eigenvalue weighted by Gasteiger charge is 2.24. The zero-order valence-electron chi connectivity index (χ0n) is 12.6. The summed E-state index contributed by atoms with van der Waals surface area (Å²) in [6.45, 7) is 6.84. The van der Waals surface area contributed by atoms with E-state index in [1.165, 1.54) is 0 Å². The summed E-state index contributed by atoms with van der Waals surface area (Å²) in [5.74, 6) is 0.458. The van der Waals surface area contributed by atoms with Crippen LogP contribution in [0, 0.1) is 12.8 Å². The van der Waals surface area contributed by atoms with Crippen molar-refractivity contribution in [3.05, 3.63) is 11.4 Å². The zero-order chi connectivity index (χ0) is 15.3. The maximum atomic E-state index is 12.4. The molecule has 0 aliphatic carbocycles. The summed E-state index contributed by atoms with van der Waals surface area (Å²) < 4.78 is 32.9. The minimum absolute atomic E-state index is 0.270. The molecule has 0 bridgehead atoms. The van der Waals surface area contributed by atoms with Gasteiger partial charge in [-0.25, -0.2) is 13.1 Å². The van der Waals surface area contributed by atoms with Gasteiger partial charge in [-0.1, -0.05) is 6.92 Å². The fourth-order valence-corrected chi connectivity index (χ4v) is 3.88. The Hall–Kier alpha value is -0.960. The van der Waals surface area contributed by atoms with E-state index in [9.17, 15) is 8.42 Å². The minimum atomic E-state index is -3.52. The highest BCUT2D eigenvalue weighted by Crippen LogP contribution is 2.19. The average Bonchev–Trinajstić information content (AvgIpc) is 3.06. The fourth-order valence-electron chi connectivity index (χ4n) is 2.47. The summed E-state index contributed by atoms with van der Waals surface area (Å²) in [7, 11) is -3.52. The molecule has 1 aromatic rings. The van der Waals surface area contributed by atoms with Gasteiger partial charge >= 0.3 is 0 Å². The first-order valence-corrected chi connectivity index (χ1v) is 8.85. The van der Waals surface area contributed by atoms with Gasteiger partial charge in [0, 0.05) is 26.3 Å². The van der Waals surface area contributed by atoms with E-state index in [2.05, 4.69) is 20.2 Å². The number of rotatable bonds is 8. The molecule has 21 heavy (non-hydrogen) atoms. The van der Waals surface area contributed by atoms with Crippen LogP contribution in [0.4, 0.5) is 0 Å². The highest BCUT2D eigenvalue weighted by atomic mass is 32.2. The van der Waals surface area contributed by atoms with E-state index in [0.29, 0.717) is 30.4 Å². The fraction of sp³-hybridized carbons (Fsp3) is 0.769. The number of sulfonamides is 1. The lowest BCUT2D eigenvalue weighted by Crippen LogP contribution is -2.28. The van der Waals surface area contributed by atoms with E-state index in [1.807, 2.05) is 6.92 Å². The Morgan fingerprint density at radius 2 is 2.29 bits per heavy atom. The van der Waals surface area contributed by atoms with Crippen molar-refractivity contribution in [3.8, 4) is 0 Å². The number of aromatic nitrogens is 2. The quantitative estimate of drug-likeness (QED) is 0.650. The van der Waals surface area contributed by atoms with Crippen LogP contribution in [0.1, 0.15) is 31.2 Å². The molecule has 7 nitrogen and oxygen atoms in total. The van der Waals surface area contributed by atoms with Gasteiger partial charge in [-0.05, 0) is 32.2 Å². The molecule has 1 unspecified atom stereocenters.